The largest absolute Gasteiger partial charge is 2.00 e. The van der Waals surface area contributed by atoms with Crippen molar-refractivity contribution in [2.24, 2.45) is 0 Å². The van der Waals surface area contributed by atoms with Gasteiger partial charge in [0.05, 0.1) is 0 Å². The van der Waals surface area contributed by atoms with Crippen LogP contribution in [0.15, 0.2) is 0 Å². The van der Waals surface area contributed by atoms with Crippen LogP contribution >= 0.6 is 15.6 Å². The van der Waals surface area contributed by atoms with E-state index in [9.17, 15) is 9.13 Å². The predicted octanol–water partition coefficient (Wildman–Crippen LogP) is -1.12. The second kappa shape index (κ2) is 6.28. The maximum absolute atomic E-state index is 9.63. The van der Waals surface area contributed by atoms with Gasteiger partial charge in [0.1, 0.15) is 0 Å². The number of rotatable bonds is 2. The normalized spacial score (nSPS) is 11.3. The van der Waals surface area contributed by atoms with Gasteiger partial charge in [-0.15, -0.1) is 0 Å². The molecule has 0 aliphatic carbocycles. The van der Waals surface area contributed by atoms with Gasteiger partial charge in [0.15, 0.2) is 0 Å². The molecule has 0 fully saturated rings. The maximum Gasteiger partial charge on any atom is 2.00 e. The Morgan fingerprint density at radius 1 is 0.909 bits per heavy atom. The van der Waals surface area contributed by atoms with E-state index in [0.717, 1.165) is 0 Å². The molecule has 0 atom stereocenters. The molecule has 0 unspecified atom stereocenters. The molecule has 0 spiro atoms. The average Bonchev–Trinajstić information content (AvgIpc) is 1.14. The Bertz CT molecular complexity index is 167. The zero-order chi connectivity index (χ0) is 7.71. The Kier molecular flexibility index (Phi) is 10.6. The van der Waals surface area contributed by atoms with E-state index in [1.54, 1.807) is 0 Å². The zero-order valence-electron chi connectivity index (χ0n) is 9.32. The second-order valence-electron chi connectivity index (χ2n) is 1.06. The average molecular weight is 231 g/mol. The van der Waals surface area contributed by atoms with Crippen LogP contribution in [0, 0.1) is 0 Å². The van der Waals surface area contributed by atoms with Crippen molar-refractivity contribution in [3.05, 3.63) is 0 Å². The molecule has 0 amide bonds. The van der Waals surface area contributed by atoms with Crippen LogP contribution in [0.2, 0.25) is 0 Å². The fourth-order valence-electron chi connectivity index (χ4n) is 0.139. The Morgan fingerprint density at radius 2 is 1.09 bits per heavy atom. The third-order valence-electron chi connectivity index (χ3n) is 0.213. The summed E-state index contributed by atoms with van der Waals surface area (Å²) in [4.78, 5) is 31.0. The van der Waals surface area contributed by atoms with Gasteiger partial charge in [-0.3, -0.25) is 0 Å². The second-order valence-corrected chi connectivity index (χ2v) is 3.68. The first-order chi connectivity index (χ1) is 3.71. The molecule has 0 rings (SSSR count). The Hall–Kier alpha value is 1.79. The molecule has 64 valence electrons. The van der Waals surface area contributed by atoms with Gasteiger partial charge in [-0.25, -0.2) is 9.13 Å². The van der Waals surface area contributed by atoms with Gasteiger partial charge >= 0.3 is 61.8 Å². The summed E-state index contributed by atoms with van der Waals surface area (Å²) in [5.41, 5.74) is 0. The standard InChI is InChI=1S/2Mg.H4O7P2.4H/c;;1-8(2,3)7-9(4,5)6;;;;/h;;(H2,1,2,3)(H2,4,5,6);;;;/q2*+2;;4*-1. The van der Waals surface area contributed by atoms with Crippen molar-refractivity contribution in [2.45, 2.75) is 0 Å². The molecule has 11 heavy (non-hydrogen) atoms. The van der Waals surface area contributed by atoms with Crippen LogP contribution in [0.3, 0.4) is 0 Å². The van der Waals surface area contributed by atoms with E-state index in [-0.39, 0.29) is 51.8 Å². The minimum Gasteiger partial charge on any atom is -1.00 e. The van der Waals surface area contributed by atoms with Crippen LogP contribution in [0.1, 0.15) is 5.71 Å². The summed E-state index contributed by atoms with van der Waals surface area (Å²) >= 11 is 0. The monoisotopic (exact) mass is 230 g/mol. The van der Waals surface area contributed by atoms with Crippen molar-refractivity contribution < 1.29 is 38.7 Å². The maximum atomic E-state index is 9.63. The van der Waals surface area contributed by atoms with E-state index in [1.807, 2.05) is 0 Å². The first-order valence-electron chi connectivity index (χ1n) is 1.53. The summed E-state index contributed by atoms with van der Waals surface area (Å²) in [6.07, 6.45) is 0. The number of phosphoric acid groups is 2. The molecule has 11 heteroatoms. The third kappa shape index (κ3) is 18.6. The molecule has 0 heterocycles. The summed E-state index contributed by atoms with van der Waals surface area (Å²) < 4.78 is 22.2. The minimum absolute atomic E-state index is 0. The van der Waals surface area contributed by atoms with Crippen LogP contribution in [0.4, 0.5) is 0 Å². The molecule has 0 aromatic heterocycles. The third-order valence-corrected chi connectivity index (χ3v) is 1.91. The van der Waals surface area contributed by atoms with Gasteiger partial charge in [-0.05, 0) is 0 Å². The van der Waals surface area contributed by atoms with Gasteiger partial charge in [-0.2, -0.15) is 4.31 Å². The smallest absolute Gasteiger partial charge is 1.00 e. The van der Waals surface area contributed by atoms with Crippen molar-refractivity contribution >= 4 is 61.8 Å². The SMILES string of the molecule is O=P(O)(O)OP(=O)(O)O.[H-].[H-].[H-].[H-].[Mg+2].[Mg+2]. The van der Waals surface area contributed by atoms with Gasteiger partial charge < -0.3 is 25.3 Å². The molecule has 0 saturated carbocycles. The predicted molar refractivity (Wildman–Crippen MR) is 41.1 cm³/mol. The van der Waals surface area contributed by atoms with Gasteiger partial charge in [0, 0.05) is 0 Å². The first-order valence-corrected chi connectivity index (χ1v) is 4.59. The van der Waals surface area contributed by atoms with E-state index in [1.165, 1.54) is 0 Å². The van der Waals surface area contributed by atoms with E-state index in [0.29, 0.717) is 0 Å². The van der Waals surface area contributed by atoms with E-state index < -0.39 is 15.6 Å². The minimum atomic E-state index is -5.05. The van der Waals surface area contributed by atoms with E-state index >= 15 is 0 Å². The van der Waals surface area contributed by atoms with E-state index in [4.69, 9.17) is 19.6 Å². The number of hydrogen-bond acceptors (Lipinski definition) is 3. The summed E-state index contributed by atoms with van der Waals surface area (Å²) in [6.45, 7) is 0. The summed E-state index contributed by atoms with van der Waals surface area (Å²) in [5.74, 6) is 0. The summed E-state index contributed by atoms with van der Waals surface area (Å²) in [5, 5.41) is 0. The van der Waals surface area contributed by atoms with Crippen LogP contribution in [0.25, 0.3) is 0 Å². The van der Waals surface area contributed by atoms with Crippen LogP contribution in [-0.4, -0.2) is 65.7 Å². The molecule has 0 aromatic rings. The Morgan fingerprint density at radius 3 is 1.09 bits per heavy atom. The molecule has 0 aliphatic rings. The molecular weight excluding hydrogens is 223 g/mol. The Balaban J connectivity index is -0.0000000213. The molecule has 0 aromatic carbocycles. The van der Waals surface area contributed by atoms with Gasteiger partial charge in [-0.1, -0.05) is 0 Å². The molecule has 7 nitrogen and oxygen atoms in total. The number of hydrogen-bond donors (Lipinski definition) is 4. The van der Waals surface area contributed by atoms with Crippen LogP contribution < -0.4 is 0 Å². The van der Waals surface area contributed by atoms with Crippen molar-refractivity contribution in [1.82, 2.24) is 0 Å². The van der Waals surface area contributed by atoms with Crippen molar-refractivity contribution in [3.63, 3.8) is 0 Å². The fourth-order valence-corrected chi connectivity index (χ4v) is 1.25. The fraction of sp³-hybridized carbons (Fsp3) is 0. The van der Waals surface area contributed by atoms with Gasteiger partial charge in [0.2, 0.25) is 0 Å². The molecule has 4 N–H and O–H groups in total. The first kappa shape index (κ1) is 18.6. The Labute approximate surface area is 100 Å². The molecule has 0 radical (unpaired) electrons. The van der Waals surface area contributed by atoms with Crippen LogP contribution in [0.5, 0.6) is 0 Å². The van der Waals surface area contributed by atoms with Crippen molar-refractivity contribution in [3.8, 4) is 0 Å². The topological polar surface area (TPSA) is 124 Å². The summed E-state index contributed by atoms with van der Waals surface area (Å²) in [7, 11) is -10.1. The van der Waals surface area contributed by atoms with Crippen molar-refractivity contribution in [1.29, 1.82) is 0 Å². The van der Waals surface area contributed by atoms with E-state index in [2.05, 4.69) is 4.31 Å². The quantitative estimate of drug-likeness (QED) is 0.350. The van der Waals surface area contributed by atoms with Gasteiger partial charge in [0.25, 0.3) is 0 Å². The van der Waals surface area contributed by atoms with Crippen molar-refractivity contribution in [2.75, 3.05) is 0 Å². The molecular formula is H8Mg2O7P2. The summed E-state index contributed by atoms with van der Waals surface area (Å²) in [6, 6.07) is 0. The molecule has 0 bridgehead atoms. The van der Waals surface area contributed by atoms with Crippen LogP contribution in [-0.2, 0) is 13.4 Å². The molecule has 0 aliphatic heterocycles. The molecule has 0 saturated heterocycles. The zero-order valence-corrected chi connectivity index (χ0v) is 9.94.